The molecule has 3 atom stereocenters. The van der Waals surface area contributed by atoms with Crippen molar-refractivity contribution in [3.05, 3.63) is 21.9 Å². The fraction of sp³-hybridized carbons (Fsp3) is 0.733. The van der Waals surface area contributed by atoms with E-state index in [-0.39, 0.29) is 17.6 Å². The molecule has 0 radical (unpaired) electrons. The maximum atomic E-state index is 10.5. The third-order valence-electron chi connectivity index (χ3n) is 3.74. The highest BCUT2D eigenvalue weighted by Crippen LogP contribution is 2.35. The van der Waals surface area contributed by atoms with Crippen LogP contribution in [0, 0.1) is 5.92 Å². The van der Waals surface area contributed by atoms with Crippen LogP contribution in [0.1, 0.15) is 56.4 Å². The molecular formula is C15H25NOS. The van der Waals surface area contributed by atoms with Crippen molar-refractivity contribution in [1.29, 1.82) is 0 Å². The van der Waals surface area contributed by atoms with E-state index in [4.69, 9.17) is 0 Å². The highest BCUT2D eigenvalue weighted by Gasteiger charge is 2.28. The number of aliphatic hydroxyl groups excluding tert-OH is 1. The van der Waals surface area contributed by atoms with Crippen molar-refractivity contribution < 1.29 is 5.11 Å². The van der Waals surface area contributed by atoms with E-state index in [1.807, 2.05) is 0 Å². The molecule has 3 heteroatoms. The number of rotatable bonds is 2. The molecule has 0 aliphatic carbocycles. The molecule has 1 saturated heterocycles. The Morgan fingerprint density at radius 1 is 1.39 bits per heavy atom. The summed E-state index contributed by atoms with van der Waals surface area (Å²) in [7, 11) is 0. The van der Waals surface area contributed by atoms with Gasteiger partial charge in [0.2, 0.25) is 0 Å². The van der Waals surface area contributed by atoms with E-state index in [9.17, 15) is 5.11 Å². The Kier molecular flexibility index (Phi) is 4.15. The van der Waals surface area contributed by atoms with Gasteiger partial charge in [0.15, 0.2) is 0 Å². The van der Waals surface area contributed by atoms with Crippen LogP contribution >= 0.6 is 11.3 Å². The van der Waals surface area contributed by atoms with Crippen LogP contribution in [-0.4, -0.2) is 17.7 Å². The van der Waals surface area contributed by atoms with Crippen molar-refractivity contribution in [1.82, 2.24) is 5.32 Å². The number of hydrogen-bond donors (Lipinski definition) is 2. The van der Waals surface area contributed by atoms with Gasteiger partial charge in [-0.05, 0) is 42.9 Å². The second-order valence-corrected chi connectivity index (χ2v) is 7.70. The van der Waals surface area contributed by atoms with Gasteiger partial charge in [0, 0.05) is 15.8 Å². The van der Waals surface area contributed by atoms with Crippen LogP contribution in [0.15, 0.2) is 12.1 Å². The lowest BCUT2D eigenvalue weighted by molar-refractivity contribution is 0.104. The van der Waals surface area contributed by atoms with E-state index in [1.165, 1.54) is 11.3 Å². The summed E-state index contributed by atoms with van der Waals surface area (Å²) in [6, 6.07) is 4.48. The maximum Gasteiger partial charge on any atom is 0.103 e. The summed E-state index contributed by atoms with van der Waals surface area (Å²) in [6.45, 7) is 9.96. The molecule has 2 rings (SSSR count). The molecule has 0 saturated carbocycles. The Morgan fingerprint density at radius 3 is 2.67 bits per heavy atom. The average Bonchev–Trinajstić information content (AvgIpc) is 2.77. The largest absolute Gasteiger partial charge is 0.386 e. The minimum absolute atomic E-state index is 0.177. The summed E-state index contributed by atoms with van der Waals surface area (Å²) in [5, 5.41) is 13.9. The molecule has 3 unspecified atom stereocenters. The molecule has 2 N–H and O–H groups in total. The summed E-state index contributed by atoms with van der Waals surface area (Å²) >= 11 is 1.75. The molecule has 18 heavy (non-hydrogen) atoms. The summed E-state index contributed by atoms with van der Waals surface area (Å²) < 4.78 is 0. The van der Waals surface area contributed by atoms with Crippen LogP contribution in [0.2, 0.25) is 0 Å². The molecule has 1 aromatic rings. The topological polar surface area (TPSA) is 32.3 Å². The minimum Gasteiger partial charge on any atom is -0.386 e. The lowest BCUT2D eigenvalue weighted by atomic mass is 9.91. The number of hydrogen-bond acceptors (Lipinski definition) is 3. The zero-order chi connectivity index (χ0) is 13.3. The SMILES string of the molecule is CC1CCNC(C(O)c2ccc(C(C)(C)C)s2)C1. The Labute approximate surface area is 114 Å². The molecule has 1 fully saturated rings. The maximum absolute atomic E-state index is 10.5. The van der Waals surface area contributed by atoms with Gasteiger partial charge in [0.1, 0.15) is 6.10 Å². The van der Waals surface area contributed by atoms with Gasteiger partial charge in [0.25, 0.3) is 0 Å². The van der Waals surface area contributed by atoms with Gasteiger partial charge in [-0.15, -0.1) is 11.3 Å². The molecule has 2 nitrogen and oxygen atoms in total. The number of aliphatic hydroxyl groups is 1. The van der Waals surface area contributed by atoms with Gasteiger partial charge < -0.3 is 10.4 Å². The first-order valence-corrected chi connectivity index (χ1v) is 7.71. The van der Waals surface area contributed by atoms with E-state index in [0.717, 1.165) is 17.8 Å². The Hall–Kier alpha value is -0.380. The van der Waals surface area contributed by atoms with Gasteiger partial charge in [-0.1, -0.05) is 27.7 Å². The molecule has 0 aromatic carbocycles. The first-order chi connectivity index (χ1) is 8.38. The number of piperidine rings is 1. The normalized spacial score (nSPS) is 27.2. The Morgan fingerprint density at radius 2 is 2.11 bits per heavy atom. The van der Waals surface area contributed by atoms with Crippen LogP contribution in [0.25, 0.3) is 0 Å². The molecule has 0 spiro atoms. The molecule has 102 valence electrons. The lowest BCUT2D eigenvalue weighted by Gasteiger charge is -2.31. The standard InChI is InChI=1S/C15H25NOS/c1-10-7-8-16-11(9-10)14(17)12-5-6-13(18-12)15(2,3)4/h5-6,10-11,14,16-17H,7-9H2,1-4H3. The van der Waals surface area contributed by atoms with Crippen molar-refractivity contribution in [3.8, 4) is 0 Å². The van der Waals surface area contributed by atoms with Gasteiger partial charge >= 0.3 is 0 Å². The molecular weight excluding hydrogens is 242 g/mol. The second kappa shape index (κ2) is 5.32. The number of nitrogens with one attached hydrogen (secondary N) is 1. The van der Waals surface area contributed by atoms with Crippen molar-refractivity contribution in [3.63, 3.8) is 0 Å². The summed E-state index contributed by atoms with van der Waals surface area (Å²) in [5.74, 6) is 0.716. The third kappa shape index (κ3) is 3.14. The van der Waals surface area contributed by atoms with E-state index < -0.39 is 0 Å². The predicted octanol–water partition coefficient (Wildman–Crippen LogP) is 3.47. The van der Waals surface area contributed by atoms with Crippen LogP contribution in [0.4, 0.5) is 0 Å². The Balaban J connectivity index is 2.09. The van der Waals surface area contributed by atoms with Gasteiger partial charge in [0.05, 0.1) is 0 Å². The van der Waals surface area contributed by atoms with Crippen LogP contribution < -0.4 is 5.32 Å². The van der Waals surface area contributed by atoms with E-state index >= 15 is 0 Å². The molecule has 1 aliphatic rings. The summed E-state index contributed by atoms with van der Waals surface area (Å²) in [5.41, 5.74) is 0.177. The first kappa shape index (κ1) is 14.0. The second-order valence-electron chi connectivity index (χ2n) is 6.59. The third-order valence-corrected chi connectivity index (χ3v) is 5.32. The van der Waals surface area contributed by atoms with E-state index in [1.54, 1.807) is 11.3 Å². The van der Waals surface area contributed by atoms with Crippen molar-refractivity contribution in [2.45, 2.75) is 58.1 Å². The molecule has 0 amide bonds. The quantitative estimate of drug-likeness (QED) is 0.860. The zero-order valence-electron chi connectivity index (χ0n) is 11.9. The van der Waals surface area contributed by atoms with Crippen molar-refractivity contribution >= 4 is 11.3 Å². The van der Waals surface area contributed by atoms with Gasteiger partial charge in [-0.3, -0.25) is 0 Å². The van der Waals surface area contributed by atoms with Crippen LogP contribution in [-0.2, 0) is 5.41 Å². The Bertz CT molecular complexity index is 393. The highest BCUT2D eigenvalue weighted by molar-refractivity contribution is 7.12. The zero-order valence-corrected chi connectivity index (χ0v) is 12.7. The first-order valence-electron chi connectivity index (χ1n) is 6.89. The van der Waals surface area contributed by atoms with E-state index in [2.05, 4.69) is 45.1 Å². The average molecular weight is 267 g/mol. The fourth-order valence-corrected chi connectivity index (χ4v) is 3.62. The smallest absolute Gasteiger partial charge is 0.103 e. The van der Waals surface area contributed by atoms with Gasteiger partial charge in [-0.25, -0.2) is 0 Å². The number of thiophene rings is 1. The predicted molar refractivity (Wildman–Crippen MR) is 78.2 cm³/mol. The van der Waals surface area contributed by atoms with Crippen molar-refractivity contribution in [2.75, 3.05) is 6.54 Å². The molecule has 1 aliphatic heterocycles. The molecule has 0 bridgehead atoms. The van der Waals surface area contributed by atoms with Crippen molar-refractivity contribution in [2.24, 2.45) is 5.92 Å². The summed E-state index contributed by atoms with van der Waals surface area (Å²) in [6.07, 6.45) is 1.94. The monoisotopic (exact) mass is 267 g/mol. The van der Waals surface area contributed by atoms with Crippen LogP contribution in [0.5, 0.6) is 0 Å². The molecule has 1 aromatic heterocycles. The van der Waals surface area contributed by atoms with E-state index in [0.29, 0.717) is 5.92 Å². The molecule has 2 heterocycles. The fourth-order valence-electron chi connectivity index (χ4n) is 2.50. The van der Waals surface area contributed by atoms with Crippen LogP contribution in [0.3, 0.4) is 0 Å². The minimum atomic E-state index is -0.353. The summed E-state index contributed by atoms with van der Waals surface area (Å²) in [4.78, 5) is 2.45. The lowest BCUT2D eigenvalue weighted by Crippen LogP contribution is -2.41. The van der Waals surface area contributed by atoms with Gasteiger partial charge in [-0.2, -0.15) is 0 Å². The highest BCUT2D eigenvalue weighted by atomic mass is 32.1.